The van der Waals surface area contributed by atoms with E-state index in [1.807, 2.05) is 63.4 Å². The number of ether oxygens (including phenoxy) is 2. The molecular weight excluding hydrogens is 354 g/mol. The molecule has 3 aromatic rings. The van der Waals surface area contributed by atoms with Crippen LogP contribution in [-0.2, 0) is 4.74 Å². The number of pyridine rings is 1. The Balaban J connectivity index is 1.62. The van der Waals surface area contributed by atoms with Crippen LogP contribution in [0.2, 0.25) is 0 Å². The normalized spacial score (nSPS) is 14.8. The molecule has 6 nitrogen and oxygen atoms in total. The third kappa shape index (κ3) is 3.42. The van der Waals surface area contributed by atoms with Gasteiger partial charge in [-0.05, 0) is 45.0 Å². The summed E-state index contributed by atoms with van der Waals surface area (Å²) in [7, 11) is 1.66. The summed E-state index contributed by atoms with van der Waals surface area (Å²) in [6.45, 7) is 6.86. The molecule has 1 saturated heterocycles. The lowest BCUT2D eigenvalue weighted by Gasteiger charge is -2.39. The molecule has 1 aliphatic heterocycles. The molecule has 0 aliphatic carbocycles. The van der Waals surface area contributed by atoms with Crippen LogP contribution in [-0.4, -0.2) is 46.2 Å². The SMILES string of the molecule is COc1cccc(-c2nc(C3CN(C(=O)OC(C)(C)C)C3)n3ccccc23)c1. The van der Waals surface area contributed by atoms with Gasteiger partial charge in [0.05, 0.1) is 24.2 Å². The number of fused-ring (bicyclic) bond motifs is 1. The van der Waals surface area contributed by atoms with E-state index in [1.54, 1.807) is 12.0 Å². The minimum Gasteiger partial charge on any atom is -0.497 e. The van der Waals surface area contributed by atoms with Gasteiger partial charge >= 0.3 is 6.09 Å². The third-order valence-corrected chi connectivity index (χ3v) is 4.82. The number of benzene rings is 1. The van der Waals surface area contributed by atoms with E-state index < -0.39 is 5.60 Å². The number of carbonyl (C=O) groups excluding carboxylic acids is 1. The molecule has 146 valence electrons. The van der Waals surface area contributed by atoms with E-state index in [1.165, 1.54) is 0 Å². The van der Waals surface area contributed by atoms with Gasteiger partial charge in [-0.25, -0.2) is 9.78 Å². The molecule has 0 saturated carbocycles. The van der Waals surface area contributed by atoms with Gasteiger partial charge in [0.1, 0.15) is 17.2 Å². The summed E-state index contributed by atoms with van der Waals surface area (Å²) < 4.78 is 12.9. The molecule has 4 rings (SSSR count). The summed E-state index contributed by atoms with van der Waals surface area (Å²) in [5.74, 6) is 1.95. The smallest absolute Gasteiger partial charge is 0.410 e. The number of hydrogen-bond donors (Lipinski definition) is 0. The molecule has 0 atom stereocenters. The molecule has 1 amide bonds. The maximum absolute atomic E-state index is 12.2. The Labute approximate surface area is 164 Å². The lowest BCUT2D eigenvalue weighted by atomic mass is 10.00. The average molecular weight is 379 g/mol. The van der Waals surface area contributed by atoms with Crippen LogP contribution in [0.25, 0.3) is 16.8 Å². The molecule has 1 aliphatic rings. The van der Waals surface area contributed by atoms with Crippen molar-refractivity contribution in [2.45, 2.75) is 32.3 Å². The molecule has 1 fully saturated rings. The average Bonchev–Trinajstić information content (AvgIpc) is 2.99. The molecule has 0 bridgehead atoms. The first-order chi connectivity index (χ1) is 13.4. The number of methoxy groups -OCH3 is 1. The number of nitrogens with zero attached hydrogens (tertiary/aromatic N) is 3. The van der Waals surface area contributed by atoms with Crippen molar-refractivity contribution >= 4 is 11.6 Å². The minimum atomic E-state index is -0.484. The van der Waals surface area contributed by atoms with Crippen molar-refractivity contribution in [3.8, 4) is 17.0 Å². The maximum atomic E-state index is 12.2. The highest BCUT2D eigenvalue weighted by Crippen LogP contribution is 2.33. The lowest BCUT2D eigenvalue weighted by Crippen LogP contribution is -2.50. The first-order valence-corrected chi connectivity index (χ1v) is 9.45. The predicted octanol–water partition coefficient (Wildman–Crippen LogP) is 4.34. The zero-order valence-electron chi connectivity index (χ0n) is 16.7. The minimum absolute atomic E-state index is 0.182. The Bertz CT molecular complexity index is 1010. The Hall–Kier alpha value is -3.02. The van der Waals surface area contributed by atoms with Gasteiger partial charge in [-0.15, -0.1) is 0 Å². The highest BCUT2D eigenvalue weighted by atomic mass is 16.6. The van der Waals surface area contributed by atoms with Gasteiger partial charge in [-0.1, -0.05) is 18.2 Å². The van der Waals surface area contributed by atoms with Crippen molar-refractivity contribution in [3.63, 3.8) is 0 Å². The summed E-state index contributed by atoms with van der Waals surface area (Å²) in [6, 6.07) is 14.0. The van der Waals surface area contributed by atoms with Crippen LogP contribution >= 0.6 is 0 Å². The van der Waals surface area contributed by atoms with Crippen molar-refractivity contribution < 1.29 is 14.3 Å². The van der Waals surface area contributed by atoms with Gasteiger partial charge < -0.3 is 18.8 Å². The fourth-order valence-electron chi connectivity index (χ4n) is 3.45. The summed E-state index contributed by atoms with van der Waals surface area (Å²) in [4.78, 5) is 18.9. The van der Waals surface area contributed by atoms with E-state index in [9.17, 15) is 4.79 Å². The molecule has 2 aromatic heterocycles. The van der Waals surface area contributed by atoms with Crippen LogP contribution in [0, 0.1) is 0 Å². The van der Waals surface area contributed by atoms with Crippen LogP contribution in [0.3, 0.4) is 0 Å². The summed E-state index contributed by atoms with van der Waals surface area (Å²) in [5.41, 5.74) is 2.49. The van der Waals surface area contributed by atoms with Crippen molar-refractivity contribution in [3.05, 3.63) is 54.5 Å². The second kappa shape index (κ2) is 6.86. The van der Waals surface area contributed by atoms with Crippen molar-refractivity contribution in [2.24, 2.45) is 0 Å². The van der Waals surface area contributed by atoms with Gasteiger partial charge in [0.2, 0.25) is 0 Å². The second-order valence-electron chi connectivity index (χ2n) is 8.09. The molecule has 1 aromatic carbocycles. The first-order valence-electron chi connectivity index (χ1n) is 9.45. The van der Waals surface area contributed by atoms with Crippen LogP contribution in [0.15, 0.2) is 48.7 Å². The number of likely N-dealkylation sites (tertiary alicyclic amines) is 1. The lowest BCUT2D eigenvalue weighted by molar-refractivity contribution is 0.00748. The largest absolute Gasteiger partial charge is 0.497 e. The molecule has 0 unspecified atom stereocenters. The molecule has 0 N–H and O–H groups in total. The molecule has 0 spiro atoms. The van der Waals surface area contributed by atoms with Crippen molar-refractivity contribution in [2.75, 3.05) is 20.2 Å². The van der Waals surface area contributed by atoms with E-state index in [2.05, 4.69) is 10.5 Å². The summed E-state index contributed by atoms with van der Waals surface area (Å²) in [5, 5.41) is 0. The number of imidazole rings is 1. The van der Waals surface area contributed by atoms with E-state index in [4.69, 9.17) is 14.5 Å². The monoisotopic (exact) mass is 379 g/mol. The van der Waals surface area contributed by atoms with Crippen LogP contribution < -0.4 is 4.74 Å². The van der Waals surface area contributed by atoms with E-state index in [-0.39, 0.29) is 12.0 Å². The molecule has 0 radical (unpaired) electrons. The predicted molar refractivity (Wildman–Crippen MR) is 108 cm³/mol. The topological polar surface area (TPSA) is 56.1 Å². The second-order valence-corrected chi connectivity index (χ2v) is 8.09. The highest BCUT2D eigenvalue weighted by molar-refractivity contribution is 5.78. The van der Waals surface area contributed by atoms with Crippen LogP contribution in [0.1, 0.15) is 32.5 Å². The van der Waals surface area contributed by atoms with Gasteiger partial charge in [0.15, 0.2) is 0 Å². The molecular formula is C22H25N3O3. The van der Waals surface area contributed by atoms with Crippen molar-refractivity contribution in [1.29, 1.82) is 0 Å². The summed E-state index contributed by atoms with van der Waals surface area (Å²) in [6.07, 6.45) is 1.76. The Morgan fingerprint density at radius 1 is 1.14 bits per heavy atom. The molecule has 28 heavy (non-hydrogen) atoms. The summed E-state index contributed by atoms with van der Waals surface area (Å²) >= 11 is 0. The fraction of sp³-hybridized carbons (Fsp3) is 0.364. The van der Waals surface area contributed by atoms with Gasteiger partial charge in [0, 0.05) is 24.8 Å². The highest BCUT2D eigenvalue weighted by Gasteiger charge is 2.37. The Morgan fingerprint density at radius 3 is 2.64 bits per heavy atom. The third-order valence-electron chi connectivity index (χ3n) is 4.82. The van der Waals surface area contributed by atoms with Crippen molar-refractivity contribution in [1.82, 2.24) is 14.3 Å². The molecule has 3 heterocycles. The fourth-order valence-corrected chi connectivity index (χ4v) is 3.45. The van der Waals surface area contributed by atoms with Crippen LogP contribution in [0.5, 0.6) is 5.75 Å². The quantitative estimate of drug-likeness (QED) is 0.679. The van der Waals surface area contributed by atoms with Gasteiger partial charge in [-0.2, -0.15) is 0 Å². The van der Waals surface area contributed by atoms with Gasteiger partial charge in [-0.3, -0.25) is 0 Å². The first kappa shape index (κ1) is 18.3. The van der Waals surface area contributed by atoms with Gasteiger partial charge in [0.25, 0.3) is 0 Å². The zero-order chi connectivity index (χ0) is 19.9. The van der Waals surface area contributed by atoms with E-state index in [0.29, 0.717) is 13.1 Å². The molecule has 6 heteroatoms. The Morgan fingerprint density at radius 2 is 1.93 bits per heavy atom. The number of aromatic nitrogens is 2. The number of rotatable bonds is 3. The number of carbonyl (C=O) groups is 1. The Kier molecular flexibility index (Phi) is 4.49. The standard InChI is InChI=1S/C22H25N3O3/c1-22(2,3)28-21(26)24-13-16(14-24)20-23-19(18-10-5-6-11-25(18)20)15-8-7-9-17(12-15)27-4/h5-12,16H,13-14H2,1-4H3. The maximum Gasteiger partial charge on any atom is 0.410 e. The van der Waals surface area contributed by atoms with Crippen LogP contribution in [0.4, 0.5) is 4.79 Å². The van der Waals surface area contributed by atoms with E-state index in [0.717, 1.165) is 28.3 Å². The number of hydrogen-bond acceptors (Lipinski definition) is 4. The number of amides is 1. The zero-order valence-corrected chi connectivity index (χ0v) is 16.7. The van der Waals surface area contributed by atoms with E-state index >= 15 is 0 Å².